The molecule has 2 rings (SSSR count). The molecule has 0 aromatic heterocycles. The van der Waals surface area contributed by atoms with Crippen molar-refractivity contribution in [3.8, 4) is 0 Å². The summed E-state index contributed by atoms with van der Waals surface area (Å²) in [5.74, 6) is -0.927. The Morgan fingerprint density at radius 2 is 1.68 bits per heavy atom. The molecular weight excluding hydrogens is 367 g/mol. The maximum atomic E-state index is 12.9. The first-order valence-electron chi connectivity index (χ1n) is 9.66. The van der Waals surface area contributed by atoms with Gasteiger partial charge in [-0.05, 0) is 30.5 Å². The third-order valence-corrected chi connectivity index (χ3v) is 5.08. The van der Waals surface area contributed by atoms with Crippen molar-refractivity contribution < 1.29 is 28.9 Å². The van der Waals surface area contributed by atoms with Crippen LogP contribution >= 0.6 is 0 Å². The third kappa shape index (κ3) is 5.98. The first-order chi connectivity index (χ1) is 13.3. The summed E-state index contributed by atoms with van der Waals surface area (Å²) in [5.41, 5.74) is 0.740. The molecule has 1 fully saturated rings. The summed E-state index contributed by atoms with van der Waals surface area (Å²) >= 11 is 0. The average Bonchev–Trinajstić information content (AvgIpc) is 2.94. The number of halogens is 1. The molecule has 1 heterocycles. The van der Waals surface area contributed by atoms with E-state index in [1.807, 2.05) is 13.8 Å². The van der Waals surface area contributed by atoms with Crippen LogP contribution in [0.5, 0.6) is 0 Å². The maximum absolute atomic E-state index is 12.9. The van der Waals surface area contributed by atoms with Gasteiger partial charge in [0.15, 0.2) is 0 Å². The summed E-state index contributed by atoms with van der Waals surface area (Å²) in [6.45, 7) is 4.15. The summed E-state index contributed by atoms with van der Waals surface area (Å²) in [6, 6.07) is 5.75. The highest BCUT2D eigenvalue weighted by atomic mass is 19.1. The standard InChI is InChI=1S/C20H29FN2O5/c1-3-13(4-2)20(27)23-11-16-19(26)18(25)15(28-16)9-17(24)22-10-12-5-7-14(21)8-6-12/h5-8,13,15-16,18-19,25-26H,3-4,9-11H2,1-2H3,(H,22,24)(H,23,27)/t15-,16+,18-,19+/m0/s1. The number of rotatable bonds is 9. The Kier molecular flexibility index (Phi) is 8.35. The number of nitrogens with one attached hydrogen (secondary N) is 2. The second-order valence-corrected chi connectivity index (χ2v) is 7.06. The quantitative estimate of drug-likeness (QED) is 0.496. The minimum atomic E-state index is -1.22. The van der Waals surface area contributed by atoms with Crippen LogP contribution in [0.2, 0.25) is 0 Å². The minimum absolute atomic E-state index is 0.0707. The molecule has 1 aliphatic rings. The second-order valence-electron chi connectivity index (χ2n) is 7.06. The molecular formula is C20H29FN2O5. The maximum Gasteiger partial charge on any atom is 0.223 e. The summed E-state index contributed by atoms with van der Waals surface area (Å²) in [4.78, 5) is 24.2. The predicted molar refractivity (Wildman–Crippen MR) is 101 cm³/mol. The minimum Gasteiger partial charge on any atom is -0.388 e. The van der Waals surface area contributed by atoms with Crippen LogP contribution in [0.15, 0.2) is 24.3 Å². The first-order valence-corrected chi connectivity index (χ1v) is 9.66. The van der Waals surface area contributed by atoms with Crippen molar-refractivity contribution in [2.75, 3.05) is 6.54 Å². The fourth-order valence-electron chi connectivity index (χ4n) is 3.23. The second kappa shape index (κ2) is 10.5. The fraction of sp³-hybridized carbons (Fsp3) is 0.600. The zero-order valence-corrected chi connectivity index (χ0v) is 16.2. The van der Waals surface area contributed by atoms with E-state index in [0.717, 1.165) is 18.4 Å². The summed E-state index contributed by atoms with van der Waals surface area (Å²) in [5, 5.41) is 25.7. The monoisotopic (exact) mass is 396 g/mol. The van der Waals surface area contributed by atoms with E-state index in [4.69, 9.17) is 4.74 Å². The normalized spacial score (nSPS) is 24.4. The van der Waals surface area contributed by atoms with Gasteiger partial charge in [0, 0.05) is 19.0 Å². The lowest BCUT2D eigenvalue weighted by molar-refractivity contribution is -0.127. The van der Waals surface area contributed by atoms with Gasteiger partial charge in [-0.25, -0.2) is 4.39 Å². The highest BCUT2D eigenvalue weighted by molar-refractivity contribution is 5.78. The lowest BCUT2D eigenvalue weighted by atomic mass is 10.0. The Balaban J connectivity index is 1.80. The van der Waals surface area contributed by atoms with E-state index in [2.05, 4.69) is 10.6 Å². The van der Waals surface area contributed by atoms with Gasteiger partial charge in [0.1, 0.15) is 24.1 Å². The number of aliphatic hydroxyl groups excluding tert-OH is 2. The number of hydrogen-bond acceptors (Lipinski definition) is 5. The van der Waals surface area contributed by atoms with Gasteiger partial charge < -0.3 is 25.6 Å². The number of hydrogen-bond donors (Lipinski definition) is 4. The molecule has 0 radical (unpaired) electrons. The lowest BCUT2D eigenvalue weighted by Crippen LogP contribution is -2.41. The number of carbonyl (C=O) groups is 2. The molecule has 1 aromatic carbocycles. The third-order valence-electron chi connectivity index (χ3n) is 5.08. The zero-order valence-electron chi connectivity index (χ0n) is 16.2. The number of aliphatic hydroxyl groups is 2. The van der Waals surface area contributed by atoms with Gasteiger partial charge >= 0.3 is 0 Å². The van der Waals surface area contributed by atoms with Gasteiger partial charge in [-0.15, -0.1) is 0 Å². The van der Waals surface area contributed by atoms with Crippen molar-refractivity contribution in [2.24, 2.45) is 5.92 Å². The molecule has 28 heavy (non-hydrogen) atoms. The molecule has 1 saturated heterocycles. The van der Waals surface area contributed by atoms with Crippen LogP contribution in [0.4, 0.5) is 4.39 Å². The van der Waals surface area contributed by atoms with Gasteiger partial charge in [-0.2, -0.15) is 0 Å². The molecule has 0 aliphatic carbocycles. The molecule has 8 heteroatoms. The molecule has 0 spiro atoms. The van der Waals surface area contributed by atoms with Gasteiger partial charge in [0.05, 0.1) is 12.5 Å². The molecule has 4 atom stereocenters. The SMILES string of the molecule is CCC(CC)C(=O)NC[C@H]1O[C@@H](CC(=O)NCc2ccc(F)cc2)[C@H](O)[C@@H]1O. The molecule has 156 valence electrons. The first kappa shape index (κ1) is 22.3. The molecule has 0 unspecified atom stereocenters. The van der Waals surface area contributed by atoms with E-state index < -0.39 is 24.4 Å². The molecule has 4 N–H and O–H groups in total. The van der Waals surface area contributed by atoms with Crippen LogP contribution in [0.1, 0.15) is 38.7 Å². The number of carbonyl (C=O) groups excluding carboxylic acids is 2. The summed E-state index contributed by atoms with van der Waals surface area (Å²) < 4.78 is 18.5. The Morgan fingerprint density at radius 1 is 1.07 bits per heavy atom. The Labute approximate surface area is 164 Å². The van der Waals surface area contributed by atoms with Gasteiger partial charge in [0.25, 0.3) is 0 Å². The molecule has 7 nitrogen and oxygen atoms in total. The Bertz CT molecular complexity index is 651. The van der Waals surface area contributed by atoms with Gasteiger partial charge in [0.2, 0.25) is 11.8 Å². The molecule has 2 amide bonds. The zero-order chi connectivity index (χ0) is 20.7. The van der Waals surface area contributed by atoms with Gasteiger partial charge in [-0.1, -0.05) is 26.0 Å². The van der Waals surface area contributed by atoms with E-state index in [9.17, 15) is 24.2 Å². The van der Waals surface area contributed by atoms with E-state index in [1.165, 1.54) is 12.1 Å². The van der Waals surface area contributed by atoms with Crippen LogP contribution < -0.4 is 10.6 Å². The van der Waals surface area contributed by atoms with Crippen LogP contribution in [0.3, 0.4) is 0 Å². The van der Waals surface area contributed by atoms with E-state index >= 15 is 0 Å². The van der Waals surface area contributed by atoms with Crippen LogP contribution in [0, 0.1) is 11.7 Å². The Hall–Kier alpha value is -2.03. The van der Waals surface area contributed by atoms with Crippen LogP contribution in [-0.2, 0) is 20.9 Å². The summed E-state index contributed by atoms with van der Waals surface area (Å²) in [6.07, 6.45) is -2.73. The van der Waals surface area contributed by atoms with Crippen molar-refractivity contribution in [1.82, 2.24) is 10.6 Å². The molecule has 1 aromatic rings. The topological polar surface area (TPSA) is 108 Å². The molecule has 1 aliphatic heterocycles. The predicted octanol–water partition coefficient (Wildman–Crippen LogP) is 0.874. The number of amides is 2. The van der Waals surface area contributed by atoms with Crippen molar-refractivity contribution in [2.45, 2.75) is 64.1 Å². The molecule has 0 bridgehead atoms. The van der Waals surface area contributed by atoms with Crippen molar-refractivity contribution in [3.63, 3.8) is 0 Å². The largest absolute Gasteiger partial charge is 0.388 e. The van der Waals surface area contributed by atoms with Crippen LogP contribution in [0.25, 0.3) is 0 Å². The highest BCUT2D eigenvalue weighted by Crippen LogP contribution is 2.23. The van der Waals surface area contributed by atoms with Crippen molar-refractivity contribution in [3.05, 3.63) is 35.6 Å². The lowest BCUT2D eigenvalue weighted by Gasteiger charge is -2.18. The highest BCUT2D eigenvalue weighted by Gasteiger charge is 2.43. The van der Waals surface area contributed by atoms with Gasteiger partial charge in [-0.3, -0.25) is 9.59 Å². The average molecular weight is 396 g/mol. The van der Waals surface area contributed by atoms with Crippen LogP contribution in [-0.4, -0.2) is 53.0 Å². The number of benzene rings is 1. The van der Waals surface area contributed by atoms with Crippen molar-refractivity contribution in [1.29, 1.82) is 0 Å². The van der Waals surface area contributed by atoms with Crippen molar-refractivity contribution >= 4 is 11.8 Å². The fourth-order valence-corrected chi connectivity index (χ4v) is 3.23. The molecule has 0 saturated carbocycles. The Morgan fingerprint density at radius 3 is 2.29 bits per heavy atom. The van der Waals surface area contributed by atoms with E-state index in [-0.39, 0.29) is 43.1 Å². The smallest absolute Gasteiger partial charge is 0.223 e. The van der Waals surface area contributed by atoms with E-state index in [1.54, 1.807) is 12.1 Å². The number of ether oxygens (including phenoxy) is 1. The summed E-state index contributed by atoms with van der Waals surface area (Å²) in [7, 11) is 0. The van der Waals surface area contributed by atoms with E-state index in [0.29, 0.717) is 0 Å².